The number of rotatable bonds is 2. The average molecular weight is 294 g/mol. The predicted molar refractivity (Wildman–Crippen MR) is 88.4 cm³/mol. The zero-order valence-electron chi connectivity index (χ0n) is 14.7. The van der Waals surface area contributed by atoms with Crippen molar-refractivity contribution in [2.75, 3.05) is 33.2 Å². The van der Waals surface area contributed by atoms with Gasteiger partial charge in [0.1, 0.15) is 5.78 Å². The first kappa shape index (κ1) is 17.0. The summed E-state index contributed by atoms with van der Waals surface area (Å²) in [6.45, 7) is 13.7. The van der Waals surface area contributed by atoms with Crippen LogP contribution in [0, 0.1) is 17.3 Å². The van der Waals surface area contributed by atoms with Crippen molar-refractivity contribution in [1.29, 1.82) is 0 Å². The van der Waals surface area contributed by atoms with Crippen LogP contribution in [-0.2, 0) is 4.79 Å². The smallest absolute Gasteiger partial charge is 0.137 e. The molecule has 3 atom stereocenters. The molecule has 3 heteroatoms. The second kappa shape index (κ2) is 6.78. The van der Waals surface area contributed by atoms with Crippen LogP contribution in [0.5, 0.6) is 0 Å². The highest BCUT2D eigenvalue weighted by Crippen LogP contribution is 2.39. The maximum atomic E-state index is 12.4. The fourth-order valence-electron chi connectivity index (χ4n) is 4.05. The zero-order valence-corrected chi connectivity index (χ0v) is 14.7. The minimum atomic E-state index is 0.272. The van der Waals surface area contributed by atoms with E-state index in [0.29, 0.717) is 23.2 Å². The van der Waals surface area contributed by atoms with Crippen molar-refractivity contribution in [3.05, 3.63) is 0 Å². The van der Waals surface area contributed by atoms with Gasteiger partial charge in [0.05, 0.1) is 0 Å². The SMILES string of the molecule is CC1CN(C)CCCN1CC1CC(C(C)(C)C)CCC1=O. The quantitative estimate of drug-likeness (QED) is 0.782. The van der Waals surface area contributed by atoms with Crippen molar-refractivity contribution in [2.45, 2.75) is 59.4 Å². The van der Waals surface area contributed by atoms with Crippen LogP contribution >= 0.6 is 0 Å². The lowest BCUT2D eigenvalue weighted by Gasteiger charge is -2.39. The molecule has 1 heterocycles. The molecule has 1 aliphatic heterocycles. The maximum Gasteiger partial charge on any atom is 0.137 e. The number of nitrogens with zero attached hydrogens (tertiary/aromatic N) is 2. The molecule has 0 aromatic heterocycles. The van der Waals surface area contributed by atoms with Gasteiger partial charge in [0.15, 0.2) is 0 Å². The van der Waals surface area contributed by atoms with Crippen LogP contribution in [0.25, 0.3) is 0 Å². The largest absolute Gasteiger partial charge is 0.305 e. The molecule has 0 aromatic carbocycles. The van der Waals surface area contributed by atoms with Crippen molar-refractivity contribution in [2.24, 2.45) is 17.3 Å². The van der Waals surface area contributed by atoms with Gasteiger partial charge in [-0.25, -0.2) is 0 Å². The molecule has 21 heavy (non-hydrogen) atoms. The Morgan fingerprint density at radius 3 is 2.62 bits per heavy atom. The number of carbonyl (C=O) groups excluding carboxylic acids is 1. The summed E-state index contributed by atoms with van der Waals surface area (Å²) in [5, 5.41) is 0. The molecule has 2 rings (SSSR count). The minimum Gasteiger partial charge on any atom is -0.305 e. The van der Waals surface area contributed by atoms with Crippen LogP contribution in [-0.4, -0.2) is 54.9 Å². The monoisotopic (exact) mass is 294 g/mol. The molecule has 1 aliphatic carbocycles. The van der Waals surface area contributed by atoms with Gasteiger partial charge < -0.3 is 4.90 Å². The summed E-state index contributed by atoms with van der Waals surface area (Å²) in [5.41, 5.74) is 0.337. The van der Waals surface area contributed by atoms with Gasteiger partial charge in [0.2, 0.25) is 0 Å². The molecule has 0 radical (unpaired) electrons. The van der Waals surface area contributed by atoms with Crippen LogP contribution in [0.1, 0.15) is 53.4 Å². The molecule has 122 valence electrons. The summed E-state index contributed by atoms with van der Waals surface area (Å²) in [5.74, 6) is 1.49. The Kier molecular flexibility index (Phi) is 5.48. The Morgan fingerprint density at radius 1 is 1.24 bits per heavy atom. The molecular weight excluding hydrogens is 260 g/mol. The van der Waals surface area contributed by atoms with E-state index in [1.54, 1.807) is 0 Å². The Labute approximate surface area is 131 Å². The summed E-state index contributed by atoms with van der Waals surface area (Å²) in [4.78, 5) is 17.3. The second-order valence-electron chi connectivity index (χ2n) is 8.46. The summed E-state index contributed by atoms with van der Waals surface area (Å²) >= 11 is 0. The van der Waals surface area contributed by atoms with Crippen molar-refractivity contribution < 1.29 is 4.79 Å². The Hall–Kier alpha value is -0.410. The average Bonchev–Trinajstić information content (AvgIpc) is 2.52. The molecule has 0 N–H and O–H groups in total. The lowest BCUT2D eigenvalue weighted by atomic mass is 9.68. The van der Waals surface area contributed by atoms with Gasteiger partial charge >= 0.3 is 0 Å². The Morgan fingerprint density at radius 2 is 1.95 bits per heavy atom. The van der Waals surface area contributed by atoms with Crippen LogP contribution in [0.2, 0.25) is 0 Å². The first-order chi connectivity index (χ1) is 9.77. The molecule has 0 bridgehead atoms. The third kappa shape index (κ3) is 4.53. The van der Waals surface area contributed by atoms with E-state index in [2.05, 4.69) is 44.5 Å². The van der Waals surface area contributed by atoms with Gasteiger partial charge in [-0.3, -0.25) is 9.69 Å². The summed E-state index contributed by atoms with van der Waals surface area (Å²) in [6, 6.07) is 0.570. The van der Waals surface area contributed by atoms with Crippen LogP contribution < -0.4 is 0 Å². The highest BCUT2D eigenvalue weighted by Gasteiger charge is 2.36. The van der Waals surface area contributed by atoms with Gasteiger partial charge in [0, 0.05) is 31.5 Å². The van der Waals surface area contributed by atoms with E-state index in [9.17, 15) is 4.79 Å². The van der Waals surface area contributed by atoms with Crippen LogP contribution in [0.4, 0.5) is 0 Å². The van der Waals surface area contributed by atoms with Gasteiger partial charge in [-0.1, -0.05) is 20.8 Å². The third-order valence-corrected chi connectivity index (χ3v) is 5.63. The van der Waals surface area contributed by atoms with Crippen molar-refractivity contribution in [3.63, 3.8) is 0 Å². The van der Waals surface area contributed by atoms with E-state index in [4.69, 9.17) is 0 Å². The lowest BCUT2D eigenvalue weighted by Crippen LogP contribution is -2.44. The molecule has 3 unspecified atom stereocenters. The maximum absolute atomic E-state index is 12.4. The number of Topliss-reactive ketones (excluding diaryl/α,β-unsaturated/α-hetero) is 1. The molecule has 0 amide bonds. The molecule has 1 saturated carbocycles. The zero-order chi connectivity index (χ0) is 15.6. The highest BCUT2D eigenvalue weighted by atomic mass is 16.1. The number of likely N-dealkylation sites (N-methyl/N-ethyl adjacent to an activating group) is 1. The van der Waals surface area contributed by atoms with E-state index in [1.165, 1.54) is 13.0 Å². The molecule has 0 aromatic rings. The van der Waals surface area contributed by atoms with E-state index in [0.717, 1.165) is 38.9 Å². The van der Waals surface area contributed by atoms with Gasteiger partial charge in [-0.2, -0.15) is 0 Å². The Bertz CT molecular complexity index is 361. The van der Waals surface area contributed by atoms with Gasteiger partial charge in [-0.05, 0) is 57.7 Å². The molecular formula is C18H34N2O. The number of carbonyl (C=O) groups is 1. The van der Waals surface area contributed by atoms with Crippen LogP contribution in [0.3, 0.4) is 0 Å². The van der Waals surface area contributed by atoms with E-state index >= 15 is 0 Å². The fraction of sp³-hybridized carbons (Fsp3) is 0.944. The predicted octanol–water partition coefficient (Wildman–Crippen LogP) is 3.04. The van der Waals surface area contributed by atoms with Gasteiger partial charge in [-0.15, -0.1) is 0 Å². The topological polar surface area (TPSA) is 23.6 Å². The molecule has 2 fully saturated rings. The first-order valence-corrected chi connectivity index (χ1v) is 8.72. The molecule has 2 aliphatic rings. The third-order valence-electron chi connectivity index (χ3n) is 5.63. The first-order valence-electron chi connectivity index (χ1n) is 8.72. The van der Waals surface area contributed by atoms with Crippen molar-refractivity contribution in [1.82, 2.24) is 9.80 Å². The van der Waals surface area contributed by atoms with Crippen LogP contribution in [0.15, 0.2) is 0 Å². The fourth-order valence-corrected chi connectivity index (χ4v) is 4.05. The highest BCUT2D eigenvalue weighted by molar-refractivity contribution is 5.82. The van der Waals surface area contributed by atoms with Gasteiger partial charge in [0.25, 0.3) is 0 Å². The van der Waals surface area contributed by atoms with Crippen molar-refractivity contribution >= 4 is 5.78 Å². The normalized spacial score (nSPS) is 34.0. The van der Waals surface area contributed by atoms with E-state index in [-0.39, 0.29) is 5.92 Å². The molecule has 0 spiro atoms. The number of hydrogen-bond donors (Lipinski definition) is 0. The second-order valence-corrected chi connectivity index (χ2v) is 8.46. The van der Waals surface area contributed by atoms with E-state index < -0.39 is 0 Å². The minimum absolute atomic E-state index is 0.272. The molecule has 3 nitrogen and oxygen atoms in total. The van der Waals surface area contributed by atoms with E-state index in [1.807, 2.05) is 0 Å². The summed E-state index contributed by atoms with van der Waals surface area (Å²) in [7, 11) is 2.21. The summed E-state index contributed by atoms with van der Waals surface area (Å²) in [6.07, 6.45) is 4.22. The summed E-state index contributed by atoms with van der Waals surface area (Å²) < 4.78 is 0. The Balaban J connectivity index is 1.98. The lowest BCUT2D eigenvalue weighted by molar-refractivity contribution is -0.127. The molecule has 1 saturated heterocycles. The number of hydrogen-bond acceptors (Lipinski definition) is 3. The standard InChI is InChI=1S/C18H34N2O/c1-14-12-19(5)9-6-10-20(14)13-15-11-16(18(2,3)4)7-8-17(15)21/h14-16H,6-13H2,1-5H3. The number of ketones is 1. The van der Waals surface area contributed by atoms with Crippen molar-refractivity contribution in [3.8, 4) is 0 Å².